The minimum atomic E-state index is -1.38. The first kappa shape index (κ1) is 34.1. The highest BCUT2D eigenvalue weighted by Gasteiger charge is 2.42. The summed E-state index contributed by atoms with van der Waals surface area (Å²) in [6.45, 7) is 5.89. The van der Waals surface area contributed by atoms with E-state index in [1.165, 1.54) is 24.6 Å². The third-order valence-electron chi connectivity index (χ3n) is 8.63. The Balaban J connectivity index is 1.50. The minimum Gasteiger partial charge on any atom is -0.425 e. The van der Waals surface area contributed by atoms with Crippen LogP contribution in [0, 0.1) is 22.6 Å². The van der Waals surface area contributed by atoms with Gasteiger partial charge in [-0.3, -0.25) is 25.4 Å². The number of benzene rings is 2. The van der Waals surface area contributed by atoms with Crippen molar-refractivity contribution in [2.75, 3.05) is 13.2 Å². The van der Waals surface area contributed by atoms with Gasteiger partial charge in [0, 0.05) is 29.3 Å². The fourth-order valence-corrected chi connectivity index (χ4v) is 7.56. The lowest BCUT2D eigenvalue weighted by Gasteiger charge is -2.30. The first-order valence-electron chi connectivity index (χ1n) is 16.2. The van der Waals surface area contributed by atoms with Crippen LogP contribution < -0.4 is 11.1 Å². The molecule has 0 bridgehead atoms. The van der Waals surface area contributed by atoms with Gasteiger partial charge in [-0.2, -0.15) is 0 Å². The third-order valence-corrected chi connectivity index (χ3v) is 9.73. The highest BCUT2D eigenvalue weighted by molar-refractivity contribution is 7.17. The van der Waals surface area contributed by atoms with Crippen LogP contribution in [0.5, 0.6) is 0 Å². The number of hydrogen-bond acceptors (Lipinski definition) is 9. The number of nitrogens with two attached hydrogens (primary N) is 1. The van der Waals surface area contributed by atoms with E-state index >= 15 is 0 Å². The number of thiophene rings is 1. The highest BCUT2D eigenvalue weighted by atomic mass is 32.1. The van der Waals surface area contributed by atoms with Crippen molar-refractivity contribution >= 4 is 34.9 Å². The molecule has 5 N–H and O–H groups in total. The van der Waals surface area contributed by atoms with Crippen LogP contribution in [0.4, 0.5) is 4.39 Å². The second-order valence-corrected chi connectivity index (χ2v) is 13.7. The van der Waals surface area contributed by atoms with Crippen molar-refractivity contribution in [3.63, 3.8) is 0 Å². The van der Waals surface area contributed by atoms with Crippen LogP contribution in [0.3, 0.4) is 0 Å². The number of aromatic nitrogens is 1. The van der Waals surface area contributed by atoms with E-state index in [0.717, 1.165) is 29.7 Å². The summed E-state index contributed by atoms with van der Waals surface area (Å²) >= 11 is 1.16. The first-order chi connectivity index (χ1) is 23.5. The van der Waals surface area contributed by atoms with E-state index < -0.39 is 23.4 Å². The number of amides is 2. The Morgan fingerprint density at radius 2 is 1.78 bits per heavy atom. The maximum absolute atomic E-state index is 14.0. The molecule has 2 aromatic carbocycles. The second-order valence-electron chi connectivity index (χ2n) is 12.6. The molecule has 1 saturated heterocycles. The van der Waals surface area contributed by atoms with Crippen LogP contribution in [-0.4, -0.2) is 41.8 Å². The number of nitrogens with zero attached hydrogens (tertiary/aromatic N) is 1. The Hall–Kier alpha value is -4.78. The van der Waals surface area contributed by atoms with Gasteiger partial charge < -0.3 is 25.3 Å². The molecule has 10 nitrogen and oxygen atoms in total. The Kier molecular flexibility index (Phi) is 9.73. The van der Waals surface area contributed by atoms with E-state index in [4.69, 9.17) is 35.7 Å². The summed E-state index contributed by atoms with van der Waals surface area (Å²) in [5, 5.41) is 20.2. The molecule has 0 saturated carbocycles. The molecule has 1 fully saturated rings. The highest BCUT2D eigenvalue weighted by Crippen LogP contribution is 2.41. The van der Waals surface area contributed by atoms with Crippen LogP contribution in [0.2, 0.25) is 0 Å². The molecule has 49 heavy (non-hydrogen) atoms. The lowest BCUT2D eigenvalue weighted by molar-refractivity contribution is -0.165. The van der Waals surface area contributed by atoms with Crippen LogP contribution in [0.1, 0.15) is 86.9 Å². The van der Waals surface area contributed by atoms with Crippen molar-refractivity contribution in [3.8, 4) is 10.4 Å². The second kappa shape index (κ2) is 14.0. The van der Waals surface area contributed by atoms with Gasteiger partial charge in [-0.25, -0.2) is 4.39 Å². The van der Waals surface area contributed by atoms with Crippen LogP contribution in [0.25, 0.3) is 10.4 Å². The van der Waals surface area contributed by atoms with Crippen LogP contribution in [0.15, 0.2) is 60.7 Å². The summed E-state index contributed by atoms with van der Waals surface area (Å²) < 4.78 is 31.9. The Morgan fingerprint density at radius 1 is 1.06 bits per heavy atom. The number of fused-ring (bicyclic) bond motifs is 1. The van der Waals surface area contributed by atoms with E-state index in [-0.39, 0.29) is 60.1 Å². The molecule has 1 aliphatic heterocycles. The van der Waals surface area contributed by atoms with Crippen LogP contribution >= 0.6 is 11.3 Å². The number of aryl methyl sites for hydroxylation is 1. The fourth-order valence-electron chi connectivity index (χ4n) is 6.59. The van der Waals surface area contributed by atoms with Crippen molar-refractivity contribution in [1.29, 1.82) is 10.8 Å². The maximum atomic E-state index is 14.0. The van der Waals surface area contributed by atoms with Gasteiger partial charge in [0.15, 0.2) is 5.90 Å². The standard InChI is InChI=1S/C37H38FN5O5S/c1-20(2)18-27-31(34(40)44)33(29-14-15-30(49-29)36(45)43-26-13-8-22-6-4-5-7-25(22)26)32(35(41)48-21(3)39)28(42-27)19-37(46-16-17-47-37)23-9-11-24(38)12-10-23/h4-7,9-12,14-15,20,26,39,41H,8,13,16-19H2,1-3H3,(H2,40,44)(H,43,45)/t26-/m1/s1. The number of nitrogens with one attached hydrogen (secondary N) is 3. The first-order valence-corrected chi connectivity index (χ1v) is 17.0. The number of ether oxygens (including phenoxy) is 3. The molecule has 6 rings (SSSR count). The zero-order valence-corrected chi connectivity index (χ0v) is 28.3. The average Bonchev–Trinajstić information content (AvgIpc) is 3.81. The SMILES string of the molecule is CC(=N)OC(=N)c1c(CC2(c3ccc(F)cc3)OCCO2)nc(CC(C)C)c(C(N)=O)c1-c1ccc(C(=O)N[C@@H]2CCc3ccccc32)s1. The minimum absolute atomic E-state index is 0.0340. The molecular formula is C37H38FN5O5S. The molecule has 2 aliphatic rings. The number of pyridine rings is 1. The summed E-state index contributed by atoms with van der Waals surface area (Å²) in [6, 6.07) is 17.1. The van der Waals surface area contributed by atoms with E-state index in [9.17, 15) is 14.0 Å². The predicted octanol–water partition coefficient (Wildman–Crippen LogP) is 6.45. The Labute approximate surface area is 287 Å². The van der Waals surface area contributed by atoms with Crippen molar-refractivity contribution in [2.45, 2.75) is 58.3 Å². The molecular weight excluding hydrogens is 646 g/mol. The zero-order chi connectivity index (χ0) is 34.9. The topological polar surface area (TPSA) is 160 Å². The van der Waals surface area contributed by atoms with E-state index in [1.54, 1.807) is 24.3 Å². The number of hydrogen-bond donors (Lipinski definition) is 4. The van der Waals surface area contributed by atoms with E-state index in [2.05, 4.69) is 11.4 Å². The molecule has 2 aromatic heterocycles. The molecule has 3 heterocycles. The Bertz CT molecular complexity index is 1930. The number of primary amides is 1. The molecule has 0 radical (unpaired) electrons. The van der Waals surface area contributed by atoms with Crippen molar-refractivity contribution in [3.05, 3.63) is 111 Å². The van der Waals surface area contributed by atoms with Gasteiger partial charge in [0.25, 0.3) is 11.8 Å². The van der Waals surface area contributed by atoms with Gasteiger partial charge in [0.05, 0.1) is 46.6 Å². The zero-order valence-electron chi connectivity index (χ0n) is 27.5. The van der Waals surface area contributed by atoms with Gasteiger partial charge in [-0.05, 0) is 60.6 Å². The molecule has 1 aliphatic carbocycles. The largest absolute Gasteiger partial charge is 0.425 e. The van der Waals surface area contributed by atoms with Crippen molar-refractivity contribution < 1.29 is 28.2 Å². The van der Waals surface area contributed by atoms with Gasteiger partial charge >= 0.3 is 0 Å². The molecule has 1 atom stereocenters. The van der Waals surface area contributed by atoms with Crippen molar-refractivity contribution in [2.24, 2.45) is 11.7 Å². The molecule has 4 aromatic rings. The molecule has 0 unspecified atom stereocenters. The van der Waals surface area contributed by atoms with Gasteiger partial charge in [-0.15, -0.1) is 11.3 Å². The normalized spacial score (nSPS) is 16.4. The van der Waals surface area contributed by atoms with E-state index in [0.29, 0.717) is 33.1 Å². The van der Waals surface area contributed by atoms with Gasteiger partial charge in [-0.1, -0.05) is 50.2 Å². The van der Waals surface area contributed by atoms with Crippen LogP contribution in [-0.2, 0) is 39.3 Å². The lowest BCUT2D eigenvalue weighted by Crippen LogP contribution is -2.33. The number of carbonyl (C=O) groups is 2. The summed E-state index contributed by atoms with van der Waals surface area (Å²) in [7, 11) is 0. The third kappa shape index (κ3) is 7.03. The smallest absolute Gasteiger partial charge is 0.261 e. The van der Waals surface area contributed by atoms with Crippen molar-refractivity contribution in [1.82, 2.24) is 10.3 Å². The summed E-state index contributed by atoms with van der Waals surface area (Å²) in [6.07, 6.45) is 2.01. The molecule has 254 valence electrons. The fraction of sp³-hybridized carbons (Fsp3) is 0.324. The number of rotatable bonds is 10. The summed E-state index contributed by atoms with van der Waals surface area (Å²) in [5.41, 5.74) is 10.1. The van der Waals surface area contributed by atoms with Gasteiger partial charge in [0.2, 0.25) is 11.7 Å². The Morgan fingerprint density at radius 3 is 2.45 bits per heavy atom. The molecule has 12 heteroatoms. The molecule has 2 amide bonds. The monoisotopic (exact) mass is 683 g/mol. The summed E-state index contributed by atoms with van der Waals surface area (Å²) in [4.78, 5) is 32.8. The summed E-state index contributed by atoms with van der Waals surface area (Å²) in [5.74, 6) is -3.43. The maximum Gasteiger partial charge on any atom is 0.261 e. The lowest BCUT2D eigenvalue weighted by atomic mass is 9.89. The molecule has 0 spiro atoms. The number of carbonyl (C=O) groups excluding carboxylic acids is 2. The number of halogens is 1. The predicted molar refractivity (Wildman–Crippen MR) is 185 cm³/mol. The quantitative estimate of drug-likeness (QED) is 0.111. The van der Waals surface area contributed by atoms with Gasteiger partial charge in [0.1, 0.15) is 5.82 Å². The van der Waals surface area contributed by atoms with E-state index in [1.807, 2.05) is 32.0 Å². The average molecular weight is 684 g/mol.